The Hall–Kier alpha value is -2.34. The highest BCUT2D eigenvalue weighted by atomic mass is 79.9. The molecule has 4 N–H and O–H groups in total. The Labute approximate surface area is 143 Å². The molecule has 0 aliphatic rings. The number of urea groups is 1. The molecule has 0 saturated heterocycles. The molecule has 0 spiro atoms. The molecule has 3 amide bonds. The summed E-state index contributed by atoms with van der Waals surface area (Å²) >= 11 is 3.47. The molecule has 0 aliphatic carbocycles. The van der Waals surface area contributed by atoms with Gasteiger partial charge in [0, 0.05) is 15.7 Å². The summed E-state index contributed by atoms with van der Waals surface area (Å²) in [7, 11) is 0. The second-order valence-corrected chi connectivity index (χ2v) is 6.09. The summed E-state index contributed by atoms with van der Waals surface area (Å²) in [5.41, 5.74) is 8.02. The van der Waals surface area contributed by atoms with Gasteiger partial charge in [0.1, 0.15) is 0 Å². The molecule has 5 nitrogen and oxygen atoms in total. The summed E-state index contributed by atoms with van der Waals surface area (Å²) in [6.07, 6.45) is 0. The second kappa shape index (κ2) is 7.28. The smallest absolute Gasteiger partial charge is 0.319 e. The van der Waals surface area contributed by atoms with Crippen molar-refractivity contribution in [3.8, 4) is 0 Å². The van der Waals surface area contributed by atoms with Gasteiger partial charge in [-0.05, 0) is 49.2 Å². The Balaban J connectivity index is 2.04. The van der Waals surface area contributed by atoms with E-state index in [-0.39, 0.29) is 12.1 Å². The molecular formula is C17H18BrN3O2. The van der Waals surface area contributed by atoms with Crippen molar-refractivity contribution in [2.24, 2.45) is 5.73 Å². The van der Waals surface area contributed by atoms with Crippen molar-refractivity contribution in [3.63, 3.8) is 0 Å². The highest BCUT2D eigenvalue weighted by Crippen LogP contribution is 2.23. The van der Waals surface area contributed by atoms with Crippen LogP contribution in [0.1, 0.15) is 34.5 Å². The summed E-state index contributed by atoms with van der Waals surface area (Å²) in [5, 5.41) is 5.62. The van der Waals surface area contributed by atoms with Crippen LogP contribution in [0.25, 0.3) is 0 Å². The van der Waals surface area contributed by atoms with Gasteiger partial charge < -0.3 is 16.4 Å². The van der Waals surface area contributed by atoms with E-state index in [0.717, 1.165) is 10.0 Å². The lowest BCUT2D eigenvalue weighted by Crippen LogP contribution is -2.31. The van der Waals surface area contributed by atoms with Gasteiger partial charge in [-0.3, -0.25) is 4.79 Å². The second-order valence-electron chi connectivity index (χ2n) is 5.24. The molecule has 2 aromatic carbocycles. The van der Waals surface area contributed by atoms with E-state index in [9.17, 15) is 9.59 Å². The Bertz CT molecular complexity index is 746. The highest BCUT2D eigenvalue weighted by molar-refractivity contribution is 9.10. The number of halogens is 1. The first kappa shape index (κ1) is 17.0. The Morgan fingerprint density at radius 2 is 1.87 bits per heavy atom. The molecule has 0 fully saturated rings. The Morgan fingerprint density at radius 1 is 1.17 bits per heavy atom. The summed E-state index contributed by atoms with van der Waals surface area (Å²) in [4.78, 5) is 23.3. The van der Waals surface area contributed by atoms with E-state index in [1.807, 2.05) is 31.2 Å². The van der Waals surface area contributed by atoms with Crippen LogP contribution in [0.5, 0.6) is 0 Å². The molecular weight excluding hydrogens is 358 g/mol. The zero-order chi connectivity index (χ0) is 17.0. The molecule has 6 heteroatoms. The maximum absolute atomic E-state index is 12.1. The van der Waals surface area contributed by atoms with Crippen LogP contribution in [-0.2, 0) is 0 Å². The molecule has 0 aliphatic heterocycles. The number of amides is 3. The van der Waals surface area contributed by atoms with Crippen LogP contribution in [0, 0.1) is 6.92 Å². The molecule has 1 unspecified atom stereocenters. The number of primary amides is 1. The number of nitrogens with one attached hydrogen (secondary N) is 2. The summed E-state index contributed by atoms with van der Waals surface area (Å²) in [5.74, 6) is -0.485. The van der Waals surface area contributed by atoms with Crippen molar-refractivity contribution in [1.82, 2.24) is 5.32 Å². The fraction of sp³-hybridized carbons (Fsp3) is 0.176. The standard InChI is InChI=1S/C17H18BrN3O2/c1-10-9-12(7-8-13(10)16(19)22)21-17(23)20-11(2)14-5-3-4-6-15(14)18/h3-9,11H,1-2H3,(H2,19,22)(H2,20,21,23). The Kier molecular flexibility index (Phi) is 5.39. The third kappa shape index (κ3) is 4.32. The van der Waals surface area contributed by atoms with Gasteiger partial charge >= 0.3 is 6.03 Å². The van der Waals surface area contributed by atoms with Crippen molar-refractivity contribution in [1.29, 1.82) is 0 Å². The van der Waals surface area contributed by atoms with Crippen LogP contribution in [0.3, 0.4) is 0 Å². The first-order valence-electron chi connectivity index (χ1n) is 7.11. The minimum atomic E-state index is -0.485. The molecule has 0 saturated carbocycles. The monoisotopic (exact) mass is 375 g/mol. The van der Waals surface area contributed by atoms with Crippen molar-refractivity contribution in [2.45, 2.75) is 19.9 Å². The largest absolute Gasteiger partial charge is 0.366 e. The van der Waals surface area contributed by atoms with Gasteiger partial charge in [-0.1, -0.05) is 34.1 Å². The van der Waals surface area contributed by atoms with E-state index in [1.54, 1.807) is 25.1 Å². The maximum Gasteiger partial charge on any atom is 0.319 e. The van der Waals surface area contributed by atoms with E-state index in [0.29, 0.717) is 16.8 Å². The third-order valence-electron chi connectivity index (χ3n) is 3.47. The normalized spacial score (nSPS) is 11.6. The molecule has 120 valence electrons. The number of carbonyl (C=O) groups excluding carboxylic acids is 2. The van der Waals surface area contributed by atoms with Crippen LogP contribution >= 0.6 is 15.9 Å². The van der Waals surface area contributed by atoms with Gasteiger partial charge in [0.2, 0.25) is 5.91 Å². The lowest BCUT2D eigenvalue weighted by Gasteiger charge is -2.16. The van der Waals surface area contributed by atoms with E-state index in [2.05, 4.69) is 26.6 Å². The first-order chi connectivity index (χ1) is 10.9. The zero-order valence-electron chi connectivity index (χ0n) is 12.9. The number of aryl methyl sites for hydroxylation is 1. The molecule has 2 rings (SSSR count). The van der Waals surface area contributed by atoms with Gasteiger partial charge in [0.15, 0.2) is 0 Å². The quantitative estimate of drug-likeness (QED) is 0.760. The minimum Gasteiger partial charge on any atom is -0.366 e. The number of rotatable bonds is 4. The number of benzene rings is 2. The topological polar surface area (TPSA) is 84.2 Å². The van der Waals surface area contributed by atoms with E-state index in [4.69, 9.17) is 5.73 Å². The summed E-state index contributed by atoms with van der Waals surface area (Å²) in [6.45, 7) is 3.67. The van der Waals surface area contributed by atoms with Crippen LogP contribution in [-0.4, -0.2) is 11.9 Å². The van der Waals surface area contributed by atoms with Crippen molar-refractivity contribution in [2.75, 3.05) is 5.32 Å². The van der Waals surface area contributed by atoms with Crippen molar-refractivity contribution >= 4 is 33.6 Å². The van der Waals surface area contributed by atoms with Gasteiger partial charge in [-0.2, -0.15) is 0 Å². The van der Waals surface area contributed by atoms with Crippen LogP contribution in [0.2, 0.25) is 0 Å². The molecule has 2 aromatic rings. The average molecular weight is 376 g/mol. The van der Waals surface area contributed by atoms with Crippen molar-refractivity contribution < 1.29 is 9.59 Å². The van der Waals surface area contributed by atoms with E-state index < -0.39 is 5.91 Å². The first-order valence-corrected chi connectivity index (χ1v) is 7.90. The van der Waals surface area contributed by atoms with Gasteiger partial charge in [-0.25, -0.2) is 4.79 Å². The maximum atomic E-state index is 12.1. The van der Waals surface area contributed by atoms with Crippen LogP contribution in [0.4, 0.5) is 10.5 Å². The lowest BCUT2D eigenvalue weighted by atomic mass is 10.1. The zero-order valence-corrected chi connectivity index (χ0v) is 14.5. The number of hydrogen-bond acceptors (Lipinski definition) is 2. The summed E-state index contributed by atoms with van der Waals surface area (Å²) < 4.78 is 0.939. The van der Waals surface area contributed by atoms with Crippen LogP contribution < -0.4 is 16.4 Å². The number of hydrogen-bond donors (Lipinski definition) is 3. The lowest BCUT2D eigenvalue weighted by molar-refractivity contribution is 0.0999. The third-order valence-corrected chi connectivity index (χ3v) is 4.19. The predicted molar refractivity (Wildman–Crippen MR) is 94.4 cm³/mol. The molecule has 0 aromatic heterocycles. The van der Waals surface area contributed by atoms with Gasteiger partial charge in [0.25, 0.3) is 0 Å². The number of carbonyl (C=O) groups is 2. The van der Waals surface area contributed by atoms with Gasteiger partial charge in [0.05, 0.1) is 6.04 Å². The predicted octanol–water partition coefficient (Wildman–Crippen LogP) is 3.74. The average Bonchev–Trinajstić information content (AvgIpc) is 2.47. The molecule has 0 bridgehead atoms. The molecule has 0 radical (unpaired) electrons. The van der Waals surface area contributed by atoms with Crippen LogP contribution in [0.15, 0.2) is 46.9 Å². The van der Waals surface area contributed by atoms with E-state index in [1.165, 1.54) is 0 Å². The fourth-order valence-electron chi connectivity index (χ4n) is 2.29. The van der Waals surface area contributed by atoms with Gasteiger partial charge in [-0.15, -0.1) is 0 Å². The summed E-state index contributed by atoms with van der Waals surface area (Å²) in [6, 6.07) is 12.2. The highest BCUT2D eigenvalue weighted by Gasteiger charge is 2.12. The number of nitrogens with two attached hydrogens (primary N) is 1. The fourth-order valence-corrected chi connectivity index (χ4v) is 2.91. The molecule has 23 heavy (non-hydrogen) atoms. The molecule has 1 atom stereocenters. The minimum absolute atomic E-state index is 0.156. The number of anilines is 1. The molecule has 0 heterocycles. The Morgan fingerprint density at radius 3 is 2.48 bits per heavy atom. The van der Waals surface area contributed by atoms with E-state index >= 15 is 0 Å². The SMILES string of the molecule is Cc1cc(NC(=O)NC(C)c2ccccc2Br)ccc1C(N)=O. The van der Waals surface area contributed by atoms with Crippen molar-refractivity contribution in [3.05, 3.63) is 63.6 Å².